The van der Waals surface area contributed by atoms with E-state index in [0.29, 0.717) is 0 Å². The van der Waals surface area contributed by atoms with E-state index >= 15 is 0 Å². The van der Waals surface area contributed by atoms with Crippen molar-refractivity contribution in [2.45, 2.75) is 46.0 Å². The molecule has 4 nitrogen and oxygen atoms in total. The third kappa shape index (κ3) is 7.73. The van der Waals surface area contributed by atoms with Crippen LogP contribution in [0.25, 0.3) is 0 Å². The largest absolute Gasteiger partial charge is 0.356 e. The second-order valence-electron chi connectivity index (χ2n) is 6.50. The molecule has 2 N–H and O–H groups in total. The number of guanidine groups is 1. The number of hydrogen-bond acceptors (Lipinski definition) is 2. The van der Waals surface area contributed by atoms with Gasteiger partial charge >= 0.3 is 0 Å². The van der Waals surface area contributed by atoms with Crippen molar-refractivity contribution in [3.63, 3.8) is 0 Å². The molecule has 0 saturated carbocycles. The summed E-state index contributed by atoms with van der Waals surface area (Å²) in [4.78, 5) is 6.72. The number of piperidine rings is 1. The summed E-state index contributed by atoms with van der Waals surface area (Å²) in [7, 11) is 4.07. The Morgan fingerprint density at radius 2 is 1.85 bits per heavy atom. The summed E-state index contributed by atoms with van der Waals surface area (Å²) >= 11 is 0. The van der Waals surface area contributed by atoms with Gasteiger partial charge in [-0.15, -0.1) is 0 Å². The predicted octanol–water partition coefficient (Wildman–Crippen LogP) is 2.32. The molecule has 1 aliphatic rings. The van der Waals surface area contributed by atoms with Gasteiger partial charge in [0.1, 0.15) is 0 Å². The van der Waals surface area contributed by atoms with Crippen LogP contribution in [-0.2, 0) is 0 Å². The van der Waals surface area contributed by atoms with Gasteiger partial charge < -0.3 is 15.5 Å². The van der Waals surface area contributed by atoms with Crippen LogP contribution < -0.4 is 10.6 Å². The molecular weight excluding hydrogens is 248 g/mol. The van der Waals surface area contributed by atoms with Gasteiger partial charge in [-0.1, -0.05) is 13.8 Å². The molecule has 0 unspecified atom stereocenters. The lowest BCUT2D eigenvalue weighted by Crippen LogP contribution is -2.39. The van der Waals surface area contributed by atoms with Crippen molar-refractivity contribution in [3.05, 3.63) is 0 Å². The number of nitrogens with zero attached hydrogens (tertiary/aromatic N) is 2. The number of aliphatic imine (C=N–C) groups is 1. The highest BCUT2D eigenvalue weighted by atomic mass is 15.2. The van der Waals surface area contributed by atoms with Gasteiger partial charge in [0, 0.05) is 20.1 Å². The van der Waals surface area contributed by atoms with Crippen LogP contribution in [0.4, 0.5) is 0 Å². The van der Waals surface area contributed by atoms with Crippen molar-refractivity contribution in [3.8, 4) is 0 Å². The Morgan fingerprint density at radius 1 is 1.20 bits per heavy atom. The Morgan fingerprint density at radius 3 is 2.45 bits per heavy atom. The highest BCUT2D eigenvalue weighted by Crippen LogP contribution is 2.18. The molecule has 1 fully saturated rings. The number of hydrogen-bond donors (Lipinski definition) is 2. The SMILES string of the molecule is CN=C(NCCCC(C)C)NCCC1CCN(C)CC1. The summed E-state index contributed by atoms with van der Waals surface area (Å²) in [6, 6.07) is 0. The van der Waals surface area contributed by atoms with E-state index in [1.165, 1.54) is 45.2 Å². The smallest absolute Gasteiger partial charge is 0.190 e. The van der Waals surface area contributed by atoms with Crippen LogP contribution in [0.2, 0.25) is 0 Å². The maximum Gasteiger partial charge on any atom is 0.190 e. The van der Waals surface area contributed by atoms with Crippen molar-refractivity contribution >= 4 is 5.96 Å². The molecule has 1 rings (SSSR count). The van der Waals surface area contributed by atoms with E-state index in [1.54, 1.807) is 0 Å². The minimum atomic E-state index is 0.788. The lowest BCUT2D eigenvalue weighted by molar-refractivity contribution is 0.213. The van der Waals surface area contributed by atoms with Crippen LogP contribution in [0.15, 0.2) is 4.99 Å². The Balaban J connectivity index is 2.06. The maximum atomic E-state index is 4.29. The third-order valence-electron chi connectivity index (χ3n) is 4.16. The summed E-state index contributed by atoms with van der Waals surface area (Å²) in [6.45, 7) is 9.12. The molecule has 118 valence electrons. The van der Waals surface area contributed by atoms with Crippen molar-refractivity contribution < 1.29 is 0 Å². The van der Waals surface area contributed by atoms with E-state index in [0.717, 1.165) is 30.9 Å². The number of likely N-dealkylation sites (tertiary alicyclic amines) is 1. The van der Waals surface area contributed by atoms with Gasteiger partial charge in [-0.2, -0.15) is 0 Å². The molecule has 1 heterocycles. The summed E-state index contributed by atoms with van der Waals surface area (Å²) < 4.78 is 0. The Kier molecular flexibility index (Phi) is 8.67. The van der Waals surface area contributed by atoms with Crippen LogP contribution in [0.5, 0.6) is 0 Å². The highest BCUT2D eigenvalue weighted by Gasteiger charge is 2.16. The van der Waals surface area contributed by atoms with E-state index < -0.39 is 0 Å². The highest BCUT2D eigenvalue weighted by molar-refractivity contribution is 5.79. The molecule has 4 heteroatoms. The zero-order valence-corrected chi connectivity index (χ0v) is 13.9. The van der Waals surface area contributed by atoms with Gasteiger partial charge in [-0.05, 0) is 64.1 Å². The topological polar surface area (TPSA) is 39.7 Å². The third-order valence-corrected chi connectivity index (χ3v) is 4.16. The molecule has 0 aromatic carbocycles. The van der Waals surface area contributed by atoms with E-state index in [-0.39, 0.29) is 0 Å². The molecule has 0 radical (unpaired) electrons. The first-order valence-electron chi connectivity index (χ1n) is 8.25. The van der Waals surface area contributed by atoms with E-state index in [9.17, 15) is 0 Å². The van der Waals surface area contributed by atoms with E-state index in [4.69, 9.17) is 0 Å². The van der Waals surface area contributed by atoms with Gasteiger partial charge in [0.2, 0.25) is 0 Å². The quantitative estimate of drug-likeness (QED) is 0.428. The fraction of sp³-hybridized carbons (Fsp3) is 0.938. The van der Waals surface area contributed by atoms with Gasteiger partial charge in [0.05, 0.1) is 0 Å². The summed E-state index contributed by atoms with van der Waals surface area (Å²) in [6.07, 6.45) is 6.45. The molecule has 0 aromatic rings. The van der Waals surface area contributed by atoms with Crippen molar-refractivity contribution in [1.29, 1.82) is 0 Å². The van der Waals surface area contributed by atoms with Crippen LogP contribution in [0, 0.1) is 11.8 Å². The fourth-order valence-electron chi connectivity index (χ4n) is 2.68. The van der Waals surface area contributed by atoms with Crippen LogP contribution in [-0.4, -0.2) is 51.1 Å². The molecule has 0 aromatic heterocycles. The number of rotatable bonds is 7. The molecule has 0 spiro atoms. The van der Waals surface area contributed by atoms with Gasteiger partial charge in [-0.3, -0.25) is 4.99 Å². The van der Waals surface area contributed by atoms with Gasteiger partial charge in [0.25, 0.3) is 0 Å². The van der Waals surface area contributed by atoms with Gasteiger partial charge in [0.15, 0.2) is 5.96 Å². The second-order valence-corrected chi connectivity index (χ2v) is 6.50. The normalized spacial score (nSPS) is 18.6. The van der Waals surface area contributed by atoms with Crippen molar-refractivity contribution in [1.82, 2.24) is 15.5 Å². The summed E-state index contributed by atoms with van der Waals surface area (Å²) in [5.74, 6) is 2.63. The molecular formula is C16H34N4. The molecule has 0 atom stereocenters. The maximum absolute atomic E-state index is 4.29. The zero-order valence-electron chi connectivity index (χ0n) is 13.9. The molecule has 1 aliphatic heterocycles. The lowest BCUT2D eigenvalue weighted by atomic mass is 9.94. The molecule has 20 heavy (non-hydrogen) atoms. The minimum absolute atomic E-state index is 0.788. The van der Waals surface area contributed by atoms with E-state index in [2.05, 4.69) is 41.4 Å². The number of nitrogens with one attached hydrogen (secondary N) is 2. The summed E-state index contributed by atoms with van der Waals surface area (Å²) in [5, 5.41) is 6.84. The molecule has 1 saturated heterocycles. The monoisotopic (exact) mass is 282 g/mol. The van der Waals surface area contributed by atoms with Gasteiger partial charge in [-0.25, -0.2) is 0 Å². The van der Waals surface area contributed by atoms with Crippen molar-refractivity contribution in [2.24, 2.45) is 16.8 Å². The van der Waals surface area contributed by atoms with Crippen LogP contribution in [0.3, 0.4) is 0 Å². The average molecular weight is 282 g/mol. The fourth-order valence-corrected chi connectivity index (χ4v) is 2.68. The first-order valence-corrected chi connectivity index (χ1v) is 8.25. The minimum Gasteiger partial charge on any atom is -0.356 e. The van der Waals surface area contributed by atoms with Crippen molar-refractivity contribution in [2.75, 3.05) is 40.3 Å². The second kappa shape index (κ2) is 10.0. The first kappa shape index (κ1) is 17.3. The van der Waals surface area contributed by atoms with E-state index in [1.807, 2.05) is 7.05 Å². The molecule has 0 bridgehead atoms. The predicted molar refractivity (Wildman–Crippen MR) is 88.3 cm³/mol. The lowest BCUT2D eigenvalue weighted by Gasteiger charge is -2.29. The Bertz CT molecular complexity index is 268. The zero-order chi connectivity index (χ0) is 14.8. The Hall–Kier alpha value is -0.770. The average Bonchev–Trinajstić information content (AvgIpc) is 2.43. The summed E-state index contributed by atoms with van der Waals surface area (Å²) in [5.41, 5.74) is 0. The van der Waals surface area contributed by atoms with Crippen LogP contribution >= 0.6 is 0 Å². The molecule has 0 amide bonds. The molecule has 0 aliphatic carbocycles. The first-order chi connectivity index (χ1) is 9.61. The standard InChI is InChI=1S/C16H34N4/c1-14(2)6-5-10-18-16(17-3)19-11-7-15-8-12-20(4)13-9-15/h14-15H,5-13H2,1-4H3,(H2,17,18,19). The Labute approximate surface area is 125 Å². The van der Waals surface area contributed by atoms with Crippen LogP contribution in [0.1, 0.15) is 46.0 Å².